The Morgan fingerprint density at radius 3 is 2.59 bits per heavy atom. The first-order valence-corrected chi connectivity index (χ1v) is 12.7. The van der Waals surface area contributed by atoms with Crippen LogP contribution in [0.3, 0.4) is 0 Å². The van der Waals surface area contributed by atoms with Gasteiger partial charge in [0.25, 0.3) is 5.91 Å². The summed E-state index contributed by atoms with van der Waals surface area (Å²) >= 11 is 1.63. The van der Waals surface area contributed by atoms with Gasteiger partial charge in [-0.15, -0.1) is 11.3 Å². The van der Waals surface area contributed by atoms with Crippen molar-refractivity contribution in [2.24, 2.45) is 5.92 Å². The van der Waals surface area contributed by atoms with Crippen LogP contribution in [0.4, 0.5) is 4.39 Å². The van der Waals surface area contributed by atoms with Gasteiger partial charge in [-0.05, 0) is 66.6 Å². The molecule has 1 saturated carbocycles. The van der Waals surface area contributed by atoms with E-state index in [1.165, 1.54) is 25.0 Å². The smallest absolute Gasteiger partial charge is 0.287 e. The van der Waals surface area contributed by atoms with Crippen molar-refractivity contribution in [2.45, 2.75) is 51.6 Å². The zero-order chi connectivity index (χ0) is 23.7. The normalized spacial score (nSPS) is 15.2. The number of thiophene rings is 1. The summed E-state index contributed by atoms with van der Waals surface area (Å²) in [5, 5.41) is 5.15. The second-order valence-corrected chi connectivity index (χ2v) is 10.1. The Kier molecular flexibility index (Phi) is 6.37. The predicted octanol–water partition coefficient (Wildman–Crippen LogP) is 7.25. The van der Waals surface area contributed by atoms with Crippen LogP contribution in [0.15, 0.2) is 64.7 Å². The summed E-state index contributed by atoms with van der Waals surface area (Å²) in [7, 11) is 0. The van der Waals surface area contributed by atoms with Crippen LogP contribution in [0.1, 0.15) is 67.0 Å². The fraction of sp³-hybridized carbons (Fsp3) is 0.333. The van der Waals surface area contributed by atoms with Gasteiger partial charge in [0.05, 0.1) is 18.1 Å². The Balaban J connectivity index is 1.48. The van der Waals surface area contributed by atoms with Gasteiger partial charge in [-0.1, -0.05) is 32.8 Å². The maximum Gasteiger partial charge on any atom is 0.287 e. The lowest BCUT2D eigenvalue weighted by Crippen LogP contribution is -2.30. The molecule has 0 aliphatic heterocycles. The molecule has 1 amide bonds. The van der Waals surface area contributed by atoms with Gasteiger partial charge in [0.15, 0.2) is 11.5 Å². The number of imidazole rings is 1. The second-order valence-electron chi connectivity index (χ2n) is 9.17. The summed E-state index contributed by atoms with van der Waals surface area (Å²) in [6.07, 6.45) is 6.37. The topological polar surface area (TPSA) is 60.1 Å². The number of nitrogens with zero attached hydrogens (tertiary/aromatic N) is 2. The molecule has 0 spiro atoms. The number of hydrogen-bond donors (Lipinski definition) is 1. The molecule has 1 aliphatic carbocycles. The minimum atomic E-state index is -0.289. The minimum Gasteiger partial charge on any atom is -0.449 e. The molecule has 3 heterocycles. The predicted molar refractivity (Wildman–Crippen MR) is 132 cm³/mol. The molecule has 176 valence electrons. The molecule has 3 aromatic heterocycles. The SMILES string of the molecule is CC(C)C(NC(=O)c1ccc(-c2c(-c3ccc(F)cc3)ncn2C2CCCC2)o1)c1cccs1. The van der Waals surface area contributed by atoms with E-state index in [1.807, 2.05) is 29.9 Å². The Bertz CT molecular complexity index is 1250. The number of hydrogen-bond acceptors (Lipinski definition) is 4. The third-order valence-corrected chi connectivity index (χ3v) is 7.45. The van der Waals surface area contributed by atoms with E-state index in [0.717, 1.165) is 34.7 Å². The van der Waals surface area contributed by atoms with Gasteiger partial charge < -0.3 is 14.3 Å². The Labute approximate surface area is 202 Å². The first-order valence-electron chi connectivity index (χ1n) is 11.8. The van der Waals surface area contributed by atoms with Crippen LogP contribution in [0, 0.1) is 11.7 Å². The Morgan fingerprint density at radius 2 is 1.91 bits per heavy atom. The summed E-state index contributed by atoms with van der Waals surface area (Å²) < 4.78 is 21.8. The lowest BCUT2D eigenvalue weighted by Gasteiger charge is -2.20. The van der Waals surface area contributed by atoms with E-state index in [9.17, 15) is 9.18 Å². The fourth-order valence-corrected chi connectivity index (χ4v) is 5.67. The number of rotatable bonds is 7. The maximum absolute atomic E-state index is 13.5. The van der Waals surface area contributed by atoms with E-state index >= 15 is 0 Å². The third-order valence-electron chi connectivity index (χ3n) is 6.50. The van der Waals surface area contributed by atoms with Crippen molar-refractivity contribution in [3.8, 4) is 22.7 Å². The van der Waals surface area contributed by atoms with E-state index in [0.29, 0.717) is 11.8 Å². The van der Waals surface area contributed by atoms with Crippen LogP contribution < -0.4 is 5.32 Å². The number of furan rings is 1. The molecule has 5 nitrogen and oxygen atoms in total. The van der Waals surface area contributed by atoms with E-state index in [4.69, 9.17) is 4.42 Å². The number of nitrogens with one attached hydrogen (secondary N) is 1. The largest absolute Gasteiger partial charge is 0.449 e. The highest BCUT2D eigenvalue weighted by Crippen LogP contribution is 2.39. The fourth-order valence-electron chi connectivity index (χ4n) is 4.72. The average molecular weight is 478 g/mol. The summed E-state index contributed by atoms with van der Waals surface area (Å²) in [6, 6.07) is 14.2. The van der Waals surface area contributed by atoms with Gasteiger partial charge in [-0.25, -0.2) is 9.37 Å². The Morgan fingerprint density at radius 1 is 1.15 bits per heavy atom. The minimum absolute atomic E-state index is 0.0835. The van der Waals surface area contributed by atoms with E-state index in [1.54, 1.807) is 29.5 Å². The molecular weight excluding hydrogens is 449 g/mol. The highest BCUT2D eigenvalue weighted by molar-refractivity contribution is 7.10. The molecule has 1 unspecified atom stereocenters. The first-order chi connectivity index (χ1) is 16.5. The van der Waals surface area contributed by atoms with Crippen LogP contribution >= 0.6 is 11.3 Å². The summed E-state index contributed by atoms with van der Waals surface area (Å²) in [5.74, 6) is 0.565. The number of carbonyl (C=O) groups excluding carboxylic acids is 1. The number of amides is 1. The van der Waals surface area contributed by atoms with Gasteiger partial charge in [0, 0.05) is 16.5 Å². The molecule has 34 heavy (non-hydrogen) atoms. The van der Waals surface area contributed by atoms with Gasteiger partial charge in [-0.2, -0.15) is 0 Å². The lowest BCUT2D eigenvalue weighted by atomic mass is 10.0. The van der Waals surface area contributed by atoms with Crippen molar-refractivity contribution in [2.75, 3.05) is 0 Å². The van der Waals surface area contributed by atoms with Gasteiger partial charge >= 0.3 is 0 Å². The summed E-state index contributed by atoms with van der Waals surface area (Å²) in [5.41, 5.74) is 2.37. The van der Waals surface area contributed by atoms with Crippen molar-refractivity contribution in [1.82, 2.24) is 14.9 Å². The van der Waals surface area contributed by atoms with Crippen LogP contribution in [0.5, 0.6) is 0 Å². The van der Waals surface area contributed by atoms with E-state index in [2.05, 4.69) is 28.7 Å². The average Bonchev–Trinajstić information content (AvgIpc) is 3.62. The molecular formula is C27H28FN3O2S. The second kappa shape index (κ2) is 9.58. The van der Waals surface area contributed by atoms with E-state index < -0.39 is 0 Å². The van der Waals surface area contributed by atoms with Crippen LogP contribution in [0.25, 0.3) is 22.7 Å². The molecule has 1 fully saturated rings. The lowest BCUT2D eigenvalue weighted by molar-refractivity contribution is 0.0899. The molecule has 0 saturated heterocycles. The van der Waals surface area contributed by atoms with E-state index in [-0.39, 0.29) is 29.4 Å². The van der Waals surface area contributed by atoms with Crippen molar-refractivity contribution in [1.29, 1.82) is 0 Å². The molecule has 5 rings (SSSR count). The van der Waals surface area contributed by atoms with Crippen molar-refractivity contribution < 1.29 is 13.6 Å². The number of carbonyl (C=O) groups is 1. The van der Waals surface area contributed by atoms with Crippen LogP contribution in [-0.4, -0.2) is 15.5 Å². The van der Waals surface area contributed by atoms with Crippen LogP contribution in [0.2, 0.25) is 0 Å². The number of halogens is 1. The number of benzene rings is 1. The monoisotopic (exact) mass is 477 g/mol. The number of aromatic nitrogens is 2. The molecule has 0 radical (unpaired) electrons. The molecule has 1 aromatic carbocycles. The van der Waals surface area contributed by atoms with Gasteiger partial charge in [-0.3, -0.25) is 4.79 Å². The van der Waals surface area contributed by atoms with Crippen molar-refractivity contribution in [3.05, 3.63) is 76.7 Å². The molecule has 1 atom stereocenters. The third kappa shape index (κ3) is 4.44. The molecule has 4 aromatic rings. The highest BCUT2D eigenvalue weighted by Gasteiger charge is 2.27. The summed E-state index contributed by atoms with van der Waals surface area (Å²) in [4.78, 5) is 18.9. The van der Waals surface area contributed by atoms with Crippen molar-refractivity contribution >= 4 is 17.2 Å². The first kappa shape index (κ1) is 22.6. The van der Waals surface area contributed by atoms with Gasteiger partial charge in [0.2, 0.25) is 0 Å². The highest BCUT2D eigenvalue weighted by atomic mass is 32.1. The zero-order valence-corrected chi connectivity index (χ0v) is 20.1. The Hall–Kier alpha value is -3.19. The van der Waals surface area contributed by atoms with Crippen molar-refractivity contribution in [3.63, 3.8) is 0 Å². The quantitative estimate of drug-likeness (QED) is 0.305. The molecule has 7 heteroatoms. The standard InChI is InChI=1S/C27H28FN3O2S/c1-17(2)24(23-8-5-15-34-23)30-27(32)22-14-13-21(33-22)26-25(18-9-11-19(28)12-10-18)29-16-31(26)20-6-3-4-7-20/h5,8-17,20,24H,3-4,6-7H2,1-2H3,(H,30,32). The molecule has 1 aliphatic rings. The molecule has 1 N–H and O–H groups in total. The molecule has 0 bridgehead atoms. The maximum atomic E-state index is 13.5. The van der Waals surface area contributed by atoms with Crippen LogP contribution in [-0.2, 0) is 0 Å². The zero-order valence-electron chi connectivity index (χ0n) is 19.3. The van der Waals surface area contributed by atoms with Gasteiger partial charge in [0.1, 0.15) is 11.5 Å². The summed E-state index contributed by atoms with van der Waals surface area (Å²) in [6.45, 7) is 4.18.